The van der Waals surface area contributed by atoms with Gasteiger partial charge in [-0.1, -0.05) is 32.1 Å². The molecule has 5 nitrogen and oxygen atoms in total. The Bertz CT molecular complexity index is 357. The van der Waals surface area contributed by atoms with Gasteiger partial charge in [0.2, 0.25) is 0 Å². The second kappa shape index (κ2) is 9.01. The van der Waals surface area contributed by atoms with Crippen molar-refractivity contribution in [2.45, 2.75) is 70.8 Å². The quantitative estimate of drug-likeness (QED) is 0.815. The fourth-order valence-corrected chi connectivity index (χ4v) is 3.44. The van der Waals surface area contributed by atoms with E-state index in [0.717, 1.165) is 25.7 Å². The summed E-state index contributed by atoms with van der Waals surface area (Å²) < 4.78 is 5.07. The third kappa shape index (κ3) is 5.18. The van der Waals surface area contributed by atoms with Gasteiger partial charge in [0, 0.05) is 19.1 Å². The maximum atomic E-state index is 12.4. The molecule has 1 saturated carbocycles. The van der Waals surface area contributed by atoms with E-state index in [1.807, 2.05) is 11.8 Å². The first-order valence-corrected chi connectivity index (χ1v) is 8.92. The number of piperidine rings is 1. The molecule has 0 aromatic rings. The van der Waals surface area contributed by atoms with Crippen molar-refractivity contribution >= 4 is 12.0 Å². The minimum Gasteiger partial charge on any atom is -0.466 e. The van der Waals surface area contributed by atoms with Crippen LogP contribution < -0.4 is 5.32 Å². The highest BCUT2D eigenvalue weighted by Gasteiger charge is 2.28. The van der Waals surface area contributed by atoms with Crippen molar-refractivity contribution in [1.29, 1.82) is 0 Å². The molecular formula is C17H30N2O3. The standard InChI is InChI=1S/C17H30N2O3/c1-2-22-16(20)14-10-12-19(13-11-14)17(21)18-15-8-6-4-3-5-7-9-15/h14-15H,2-13H2,1H3,(H,18,21). The summed E-state index contributed by atoms with van der Waals surface area (Å²) in [5, 5.41) is 3.20. The van der Waals surface area contributed by atoms with E-state index < -0.39 is 0 Å². The van der Waals surface area contributed by atoms with E-state index in [2.05, 4.69) is 5.32 Å². The first-order chi connectivity index (χ1) is 10.7. The number of amides is 2. The number of likely N-dealkylation sites (tertiary alicyclic amines) is 1. The lowest BCUT2D eigenvalue weighted by Gasteiger charge is -2.32. The van der Waals surface area contributed by atoms with Crippen LogP contribution in [0.15, 0.2) is 0 Å². The third-order valence-corrected chi connectivity index (χ3v) is 4.83. The van der Waals surface area contributed by atoms with Gasteiger partial charge in [-0.15, -0.1) is 0 Å². The monoisotopic (exact) mass is 310 g/mol. The SMILES string of the molecule is CCOC(=O)C1CCN(C(=O)NC2CCCCCCC2)CC1. The van der Waals surface area contributed by atoms with Crippen LogP contribution in [-0.2, 0) is 9.53 Å². The number of carbonyl (C=O) groups excluding carboxylic acids is 2. The fraction of sp³-hybridized carbons (Fsp3) is 0.882. The highest BCUT2D eigenvalue weighted by atomic mass is 16.5. The fourth-order valence-electron chi connectivity index (χ4n) is 3.44. The smallest absolute Gasteiger partial charge is 0.317 e. The summed E-state index contributed by atoms with van der Waals surface area (Å²) in [6, 6.07) is 0.378. The number of carbonyl (C=O) groups is 2. The molecule has 2 rings (SSSR count). The average Bonchev–Trinajstić information content (AvgIpc) is 2.50. The molecule has 2 amide bonds. The van der Waals surface area contributed by atoms with Crippen molar-refractivity contribution in [3.05, 3.63) is 0 Å². The normalized spacial score (nSPS) is 21.8. The number of esters is 1. The molecule has 1 aliphatic heterocycles. The van der Waals surface area contributed by atoms with Gasteiger partial charge in [0.15, 0.2) is 0 Å². The maximum absolute atomic E-state index is 12.4. The van der Waals surface area contributed by atoms with Gasteiger partial charge < -0.3 is 15.0 Å². The van der Waals surface area contributed by atoms with Crippen LogP contribution in [0.3, 0.4) is 0 Å². The second-order valence-electron chi connectivity index (χ2n) is 6.50. The van der Waals surface area contributed by atoms with Crippen LogP contribution in [-0.4, -0.2) is 42.6 Å². The van der Waals surface area contributed by atoms with Gasteiger partial charge >= 0.3 is 12.0 Å². The molecule has 0 aromatic heterocycles. The van der Waals surface area contributed by atoms with E-state index in [1.54, 1.807) is 0 Å². The summed E-state index contributed by atoms with van der Waals surface area (Å²) in [5.41, 5.74) is 0. The number of nitrogens with zero attached hydrogens (tertiary/aromatic N) is 1. The summed E-state index contributed by atoms with van der Waals surface area (Å²) in [5.74, 6) is -0.145. The lowest BCUT2D eigenvalue weighted by Crippen LogP contribution is -2.48. The van der Waals surface area contributed by atoms with E-state index in [-0.39, 0.29) is 17.9 Å². The van der Waals surface area contributed by atoms with Crippen molar-refractivity contribution in [2.75, 3.05) is 19.7 Å². The number of nitrogens with one attached hydrogen (secondary N) is 1. The first-order valence-electron chi connectivity index (χ1n) is 8.92. The van der Waals surface area contributed by atoms with Gasteiger partial charge in [-0.2, -0.15) is 0 Å². The minimum absolute atomic E-state index is 0.0367. The highest BCUT2D eigenvalue weighted by Crippen LogP contribution is 2.20. The lowest BCUT2D eigenvalue weighted by molar-refractivity contribution is -0.149. The first kappa shape index (κ1) is 17.1. The molecule has 0 atom stereocenters. The van der Waals surface area contributed by atoms with E-state index >= 15 is 0 Å². The van der Waals surface area contributed by atoms with Gasteiger partial charge in [0.1, 0.15) is 0 Å². The van der Waals surface area contributed by atoms with Crippen molar-refractivity contribution in [1.82, 2.24) is 10.2 Å². The van der Waals surface area contributed by atoms with Crippen molar-refractivity contribution in [2.24, 2.45) is 5.92 Å². The van der Waals surface area contributed by atoms with E-state index in [1.165, 1.54) is 32.1 Å². The van der Waals surface area contributed by atoms with Gasteiger partial charge in [0.25, 0.3) is 0 Å². The average molecular weight is 310 g/mol. The summed E-state index contributed by atoms with van der Waals surface area (Å²) >= 11 is 0. The Labute approximate surface area is 133 Å². The van der Waals surface area contributed by atoms with Gasteiger partial charge in [-0.05, 0) is 32.6 Å². The van der Waals surface area contributed by atoms with Crippen molar-refractivity contribution in [3.8, 4) is 0 Å². The lowest BCUT2D eigenvalue weighted by atomic mass is 9.96. The Hall–Kier alpha value is -1.26. The van der Waals surface area contributed by atoms with E-state index in [0.29, 0.717) is 25.7 Å². The topological polar surface area (TPSA) is 58.6 Å². The number of urea groups is 1. The van der Waals surface area contributed by atoms with Gasteiger partial charge in [-0.3, -0.25) is 4.79 Å². The Morgan fingerprint density at radius 2 is 1.59 bits per heavy atom. The van der Waals surface area contributed by atoms with Crippen LogP contribution in [0.5, 0.6) is 0 Å². The van der Waals surface area contributed by atoms with E-state index in [9.17, 15) is 9.59 Å². The molecule has 1 heterocycles. The Morgan fingerprint density at radius 1 is 1.00 bits per heavy atom. The number of rotatable bonds is 3. The molecule has 1 aliphatic carbocycles. The Balaban J connectivity index is 1.73. The predicted molar refractivity (Wildman–Crippen MR) is 85.6 cm³/mol. The molecule has 0 spiro atoms. The largest absolute Gasteiger partial charge is 0.466 e. The molecule has 0 aromatic carbocycles. The van der Waals surface area contributed by atoms with Crippen molar-refractivity contribution < 1.29 is 14.3 Å². The summed E-state index contributed by atoms with van der Waals surface area (Å²) in [4.78, 5) is 25.9. The maximum Gasteiger partial charge on any atom is 0.317 e. The molecule has 126 valence electrons. The Kier molecular flexibility index (Phi) is 7.00. The summed E-state index contributed by atoms with van der Waals surface area (Å²) in [6.45, 7) is 3.57. The molecule has 0 bridgehead atoms. The zero-order chi connectivity index (χ0) is 15.8. The molecule has 2 fully saturated rings. The number of ether oxygens (including phenoxy) is 1. The van der Waals surface area contributed by atoms with Crippen LogP contribution >= 0.6 is 0 Å². The minimum atomic E-state index is -0.109. The Morgan fingerprint density at radius 3 is 2.18 bits per heavy atom. The summed E-state index contributed by atoms with van der Waals surface area (Å²) in [7, 11) is 0. The molecular weight excluding hydrogens is 280 g/mol. The van der Waals surface area contributed by atoms with Crippen LogP contribution in [0.4, 0.5) is 4.79 Å². The van der Waals surface area contributed by atoms with Crippen LogP contribution in [0.2, 0.25) is 0 Å². The second-order valence-corrected chi connectivity index (χ2v) is 6.50. The molecule has 5 heteroatoms. The molecule has 1 saturated heterocycles. The predicted octanol–water partition coefficient (Wildman–Crippen LogP) is 3.08. The molecule has 0 unspecified atom stereocenters. The highest BCUT2D eigenvalue weighted by molar-refractivity contribution is 5.76. The molecule has 2 aliphatic rings. The van der Waals surface area contributed by atoms with Gasteiger partial charge in [0.05, 0.1) is 12.5 Å². The third-order valence-electron chi connectivity index (χ3n) is 4.83. The van der Waals surface area contributed by atoms with Gasteiger partial charge in [-0.25, -0.2) is 4.79 Å². The van der Waals surface area contributed by atoms with E-state index in [4.69, 9.17) is 4.74 Å². The number of hydrogen-bond donors (Lipinski definition) is 1. The summed E-state index contributed by atoms with van der Waals surface area (Å²) in [6.07, 6.45) is 9.99. The molecule has 0 radical (unpaired) electrons. The van der Waals surface area contributed by atoms with Crippen molar-refractivity contribution in [3.63, 3.8) is 0 Å². The van der Waals surface area contributed by atoms with Crippen LogP contribution in [0.1, 0.15) is 64.7 Å². The number of hydrogen-bond acceptors (Lipinski definition) is 3. The zero-order valence-corrected chi connectivity index (χ0v) is 13.8. The van der Waals surface area contributed by atoms with Crippen LogP contribution in [0, 0.1) is 5.92 Å². The molecule has 1 N–H and O–H groups in total. The zero-order valence-electron chi connectivity index (χ0n) is 13.8. The van der Waals surface area contributed by atoms with Crippen LogP contribution in [0.25, 0.3) is 0 Å². The molecule has 22 heavy (non-hydrogen) atoms.